The Hall–Kier alpha value is -1.02. The van der Waals surface area contributed by atoms with Crippen molar-refractivity contribution in [1.29, 1.82) is 0 Å². The summed E-state index contributed by atoms with van der Waals surface area (Å²) in [6.07, 6.45) is 1.85. The van der Waals surface area contributed by atoms with Gasteiger partial charge in [0.1, 0.15) is 0 Å². The number of halogens is 3. The summed E-state index contributed by atoms with van der Waals surface area (Å²) in [6.45, 7) is 6.33. The molecule has 1 atom stereocenters. The van der Waals surface area contributed by atoms with Crippen molar-refractivity contribution < 1.29 is 0 Å². The van der Waals surface area contributed by atoms with Gasteiger partial charge in [0.25, 0.3) is 0 Å². The van der Waals surface area contributed by atoms with Crippen molar-refractivity contribution in [1.82, 2.24) is 0 Å². The van der Waals surface area contributed by atoms with Gasteiger partial charge in [-0.25, -0.2) is 0 Å². The zero-order chi connectivity index (χ0) is 16.3. The van der Waals surface area contributed by atoms with Crippen LogP contribution in [0.25, 0.3) is 0 Å². The molecule has 2 aromatic carbocycles. The molecule has 0 aliphatic carbocycles. The van der Waals surface area contributed by atoms with Gasteiger partial charge in [-0.05, 0) is 35.6 Å². The second-order valence-electron chi connectivity index (χ2n) is 5.54. The van der Waals surface area contributed by atoms with Crippen molar-refractivity contribution in [2.24, 2.45) is 4.99 Å². The molecule has 1 unspecified atom stereocenters. The summed E-state index contributed by atoms with van der Waals surface area (Å²) >= 11 is 18.3. The highest BCUT2D eigenvalue weighted by Gasteiger charge is 2.13. The average molecular weight is 355 g/mol. The van der Waals surface area contributed by atoms with Crippen LogP contribution in [0.15, 0.2) is 41.4 Å². The second kappa shape index (κ2) is 7.50. The normalized spacial score (nSPS) is 13.0. The molecule has 4 heteroatoms. The first kappa shape index (κ1) is 17.3. The zero-order valence-electron chi connectivity index (χ0n) is 12.8. The minimum atomic E-state index is -0.0907. The predicted molar refractivity (Wildman–Crippen MR) is 98.0 cm³/mol. The van der Waals surface area contributed by atoms with Crippen molar-refractivity contribution >= 4 is 41.0 Å². The third-order valence-electron chi connectivity index (χ3n) is 3.57. The summed E-state index contributed by atoms with van der Waals surface area (Å²) in [5, 5.41) is 1.30. The predicted octanol–water partition coefficient (Wildman–Crippen LogP) is 6.95. The molecule has 0 bridgehead atoms. The standard InChI is InChI=1S/C18H18Cl3N/c1-11(2)14-6-4-13(5-7-14)10-22-12(3)15-8-9-16(19)18(21)17(15)20/h4-12H,1-3H3/b22-10-. The maximum atomic E-state index is 6.24. The molecule has 0 saturated heterocycles. The van der Waals surface area contributed by atoms with Crippen molar-refractivity contribution in [3.63, 3.8) is 0 Å². The maximum Gasteiger partial charge on any atom is 0.0782 e. The molecular weight excluding hydrogens is 337 g/mol. The van der Waals surface area contributed by atoms with E-state index in [1.807, 2.05) is 19.2 Å². The zero-order valence-corrected chi connectivity index (χ0v) is 15.0. The molecule has 0 saturated carbocycles. The van der Waals surface area contributed by atoms with Crippen LogP contribution in [0.3, 0.4) is 0 Å². The van der Waals surface area contributed by atoms with Gasteiger partial charge >= 0.3 is 0 Å². The van der Waals surface area contributed by atoms with E-state index in [1.54, 1.807) is 6.07 Å². The van der Waals surface area contributed by atoms with Gasteiger partial charge < -0.3 is 0 Å². The summed E-state index contributed by atoms with van der Waals surface area (Å²) in [5.41, 5.74) is 3.25. The molecule has 0 N–H and O–H groups in total. The van der Waals surface area contributed by atoms with E-state index in [0.29, 0.717) is 21.0 Å². The van der Waals surface area contributed by atoms with Gasteiger partial charge in [-0.2, -0.15) is 0 Å². The summed E-state index contributed by atoms with van der Waals surface area (Å²) in [7, 11) is 0. The van der Waals surface area contributed by atoms with E-state index in [9.17, 15) is 0 Å². The van der Waals surface area contributed by atoms with Crippen LogP contribution in [0.1, 0.15) is 49.4 Å². The van der Waals surface area contributed by atoms with Crippen molar-refractivity contribution in [3.8, 4) is 0 Å². The van der Waals surface area contributed by atoms with E-state index in [2.05, 4.69) is 43.1 Å². The number of hydrogen-bond acceptors (Lipinski definition) is 1. The van der Waals surface area contributed by atoms with Crippen molar-refractivity contribution in [2.75, 3.05) is 0 Å². The van der Waals surface area contributed by atoms with E-state index in [0.717, 1.165) is 11.1 Å². The van der Waals surface area contributed by atoms with E-state index in [1.165, 1.54) is 5.56 Å². The van der Waals surface area contributed by atoms with Gasteiger partial charge in [0.15, 0.2) is 0 Å². The fourth-order valence-corrected chi connectivity index (χ4v) is 2.81. The van der Waals surface area contributed by atoms with Gasteiger partial charge in [-0.15, -0.1) is 0 Å². The molecule has 0 radical (unpaired) electrons. The third-order valence-corrected chi connectivity index (χ3v) is 4.87. The smallest absolute Gasteiger partial charge is 0.0782 e. The fourth-order valence-electron chi connectivity index (χ4n) is 2.11. The van der Waals surface area contributed by atoms with Gasteiger partial charge in [0.05, 0.1) is 21.1 Å². The molecular formula is C18H18Cl3N. The van der Waals surface area contributed by atoms with Crippen LogP contribution in [0, 0.1) is 0 Å². The molecule has 0 aromatic heterocycles. The largest absolute Gasteiger partial charge is 0.285 e. The lowest BCUT2D eigenvalue weighted by atomic mass is 10.0. The molecule has 0 spiro atoms. The van der Waals surface area contributed by atoms with Crippen LogP contribution in [0.2, 0.25) is 15.1 Å². The molecule has 1 nitrogen and oxygen atoms in total. The van der Waals surface area contributed by atoms with Crippen LogP contribution >= 0.6 is 34.8 Å². The highest BCUT2D eigenvalue weighted by atomic mass is 35.5. The number of hydrogen-bond donors (Lipinski definition) is 0. The Morgan fingerprint density at radius 1 is 0.864 bits per heavy atom. The van der Waals surface area contributed by atoms with Crippen LogP contribution < -0.4 is 0 Å². The molecule has 0 aliphatic heterocycles. The molecule has 0 amide bonds. The number of aliphatic imine (C=N–C) groups is 1. The Bertz CT molecular complexity index is 675. The summed E-state index contributed by atoms with van der Waals surface area (Å²) in [5.74, 6) is 0.528. The highest BCUT2D eigenvalue weighted by molar-refractivity contribution is 6.48. The first-order valence-electron chi connectivity index (χ1n) is 7.16. The SMILES string of the molecule is CC(C)c1ccc(/C=N\C(C)c2ccc(Cl)c(Cl)c2Cl)cc1. The number of nitrogens with zero attached hydrogens (tertiary/aromatic N) is 1. The second-order valence-corrected chi connectivity index (χ2v) is 6.70. The van der Waals surface area contributed by atoms with E-state index in [-0.39, 0.29) is 6.04 Å². The number of rotatable bonds is 4. The van der Waals surface area contributed by atoms with Crippen molar-refractivity contribution in [2.45, 2.75) is 32.7 Å². The molecule has 2 rings (SSSR count). The van der Waals surface area contributed by atoms with E-state index in [4.69, 9.17) is 34.8 Å². The minimum Gasteiger partial charge on any atom is -0.285 e. The van der Waals surface area contributed by atoms with Gasteiger partial charge in [-0.1, -0.05) is 79.0 Å². The monoisotopic (exact) mass is 353 g/mol. The van der Waals surface area contributed by atoms with Crippen LogP contribution in [0.5, 0.6) is 0 Å². The first-order valence-corrected chi connectivity index (χ1v) is 8.30. The highest BCUT2D eigenvalue weighted by Crippen LogP contribution is 2.36. The topological polar surface area (TPSA) is 12.4 Å². The minimum absolute atomic E-state index is 0.0907. The van der Waals surface area contributed by atoms with E-state index >= 15 is 0 Å². The third kappa shape index (κ3) is 4.04. The lowest BCUT2D eigenvalue weighted by Crippen LogP contribution is -1.94. The summed E-state index contributed by atoms with van der Waals surface area (Å²) in [6, 6.07) is 11.9. The van der Waals surface area contributed by atoms with Crippen LogP contribution in [0.4, 0.5) is 0 Å². The lowest BCUT2D eigenvalue weighted by Gasteiger charge is -2.11. The maximum absolute atomic E-state index is 6.24. The Balaban J connectivity index is 2.17. The molecule has 0 heterocycles. The molecule has 0 aliphatic rings. The van der Waals surface area contributed by atoms with Gasteiger partial charge in [-0.3, -0.25) is 4.99 Å². The van der Waals surface area contributed by atoms with E-state index < -0.39 is 0 Å². The van der Waals surface area contributed by atoms with Crippen LogP contribution in [-0.2, 0) is 0 Å². The molecule has 116 valence electrons. The average Bonchev–Trinajstić information content (AvgIpc) is 2.51. The molecule has 0 fully saturated rings. The summed E-state index contributed by atoms with van der Waals surface area (Å²) in [4.78, 5) is 4.56. The quantitative estimate of drug-likeness (QED) is 0.416. The van der Waals surface area contributed by atoms with Gasteiger partial charge in [0.2, 0.25) is 0 Å². The first-order chi connectivity index (χ1) is 10.4. The van der Waals surface area contributed by atoms with Crippen LogP contribution in [-0.4, -0.2) is 6.21 Å². The fraction of sp³-hybridized carbons (Fsp3) is 0.278. The number of benzene rings is 2. The van der Waals surface area contributed by atoms with Gasteiger partial charge in [0, 0.05) is 6.21 Å². The summed E-state index contributed by atoms with van der Waals surface area (Å²) < 4.78 is 0. The molecule has 22 heavy (non-hydrogen) atoms. The Morgan fingerprint density at radius 3 is 2.09 bits per heavy atom. The lowest BCUT2D eigenvalue weighted by molar-refractivity contribution is 0.825. The Labute approximate surface area is 146 Å². The Morgan fingerprint density at radius 2 is 1.50 bits per heavy atom. The molecule has 2 aromatic rings. The Kier molecular flexibility index (Phi) is 5.91. The van der Waals surface area contributed by atoms with Crippen molar-refractivity contribution in [3.05, 3.63) is 68.2 Å².